The van der Waals surface area contributed by atoms with Crippen molar-refractivity contribution in [1.82, 2.24) is 20.1 Å². The molecule has 1 saturated heterocycles. The summed E-state index contributed by atoms with van der Waals surface area (Å²) in [5, 5.41) is 17.2. The average Bonchev–Trinajstić information content (AvgIpc) is 3.20. The summed E-state index contributed by atoms with van der Waals surface area (Å²) >= 11 is 0. The van der Waals surface area contributed by atoms with Gasteiger partial charge in [-0.05, 0) is 43.5 Å². The van der Waals surface area contributed by atoms with Gasteiger partial charge in [-0.25, -0.2) is 9.37 Å². The molecule has 8 heteroatoms. The molecule has 168 valence electrons. The number of phenols is 1. The number of hydrogen-bond donors (Lipinski definition) is 3. The van der Waals surface area contributed by atoms with Gasteiger partial charge in [-0.15, -0.1) is 0 Å². The van der Waals surface area contributed by atoms with Crippen LogP contribution < -0.4 is 5.73 Å². The lowest BCUT2D eigenvalue weighted by Gasteiger charge is -2.39. The number of amides is 1. The highest BCUT2D eigenvalue weighted by atomic mass is 19.1. The minimum atomic E-state index is -0.624. The first-order valence-corrected chi connectivity index (χ1v) is 10.8. The minimum Gasteiger partial charge on any atom is -0.508 e. The van der Waals surface area contributed by atoms with Crippen LogP contribution in [0.4, 0.5) is 4.39 Å². The Bertz CT molecular complexity index is 1340. The molecule has 1 fully saturated rings. The van der Waals surface area contributed by atoms with Gasteiger partial charge in [-0.2, -0.15) is 5.10 Å². The van der Waals surface area contributed by atoms with E-state index in [2.05, 4.69) is 15.2 Å². The summed E-state index contributed by atoms with van der Waals surface area (Å²) in [6.07, 6.45) is 1.28. The number of halogens is 1. The number of aromatic nitrogens is 3. The maximum atomic E-state index is 14.5. The van der Waals surface area contributed by atoms with Gasteiger partial charge in [0.1, 0.15) is 11.6 Å². The molecule has 0 saturated carbocycles. The monoisotopic (exact) mass is 445 g/mol. The number of nitrogens with zero attached hydrogens (tertiary/aromatic N) is 3. The summed E-state index contributed by atoms with van der Waals surface area (Å²) in [5.41, 5.74) is 9.22. The van der Waals surface area contributed by atoms with Crippen LogP contribution in [0.1, 0.15) is 34.5 Å². The molecule has 0 unspecified atom stereocenters. The van der Waals surface area contributed by atoms with Gasteiger partial charge in [0.25, 0.3) is 5.91 Å². The van der Waals surface area contributed by atoms with Crippen LogP contribution >= 0.6 is 0 Å². The summed E-state index contributed by atoms with van der Waals surface area (Å²) in [4.78, 5) is 19.9. The molecule has 2 aromatic carbocycles. The Morgan fingerprint density at radius 2 is 1.88 bits per heavy atom. The van der Waals surface area contributed by atoms with Crippen molar-refractivity contribution in [1.29, 1.82) is 0 Å². The van der Waals surface area contributed by atoms with Crippen molar-refractivity contribution in [3.8, 4) is 17.0 Å². The molecule has 7 nitrogen and oxygen atoms in total. The van der Waals surface area contributed by atoms with Crippen molar-refractivity contribution in [3.05, 3.63) is 77.2 Å². The Hall–Kier alpha value is -3.78. The molecule has 5 rings (SSSR count). The number of nitrogens with two attached hydrogens (primary N) is 1. The van der Waals surface area contributed by atoms with E-state index in [1.54, 1.807) is 11.0 Å². The number of phenolic OH excluding ortho intramolecular Hbond substituents is 1. The number of aromatic hydroxyl groups is 1. The number of hydrogen-bond acceptors (Lipinski definition) is 5. The van der Waals surface area contributed by atoms with E-state index < -0.39 is 11.4 Å². The number of benzene rings is 2. The molecule has 0 atom stereocenters. The lowest BCUT2D eigenvalue weighted by atomic mass is 9.82. The maximum Gasteiger partial charge on any atom is 0.254 e. The van der Waals surface area contributed by atoms with E-state index in [4.69, 9.17) is 5.73 Å². The van der Waals surface area contributed by atoms with Gasteiger partial charge in [0.15, 0.2) is 5.65 Å². The number of H-pyrrole nitrogens is 1. The number of nitrogens with one attached hydrogen (secondary N) is 1. The van der Waals surface area contributed by atoms with Crippen LogP contribution in [0.2, 0.25) is 0 Å². The van der Waals surface area contributed by atoms with E-state index in [0.717, 1.165) is 11.6 Å². The van der Waals surface area contributed by atoms with E-state index >= 15 is 0 Å². The predicted molar refractivity (Wildman–Crippen MR) is 123 cm³/mol. The number of likely N-dealkylation sites (tertiary alicyclic amines) is 1. The van der Waals surface area contributed by atoms with Crippen molar-refractivity contribution >= 4 is 16.9 Å². The van der Waals surface area contributed by atoms with Crippen LogP contribution in [0.15, 0.2) is 54.6 Å². The van der Waals surface area contributed by atoms with Gasteiger partial charge in [0.2, 0.25) is 0 Å². The smallest absolute Gasteiger partial charge is 0.254 e. The van der Waals surface area contributed by atoms with Gasteiger partial charge >= 0.3 is 0 Å². The molecule has 0 aliphatic carbocycles. The summed E-state index contributed by atoms with van der Waals surface area (Å²) in [7, 11) is 0. The zero-order valence-corrected chi connectivity index (χ0v) is 18.2. The number of rotatable bonds is 3. The lowest BCUT2D eigenvalue weighted by molar-refractivity contribution is 0.0671. The molecule has 2 aromatic heterocycles. The number of piperidine rings is 1. The van der Waals surface area contributed by atoms with Crippen molar-refractivity contribution in [2.45, 2.75) is 25.3 Å². The fraction of sp³-hybridized carbons (Fsp3) is 0.240. The molecule has 0 spiro atoms. The highest BCUT2D eigenvalue weighted by Gasteiger charge is 2.35. The first-order valence-electron chi connectivity index (χ1n) is 10.8. The SMILES string of the molecule is Cc1[nH]nc2nc(-c3ccc(O)cc3F)cc(C(=O)N3CCC(N)(c4ccccc4)CC3)c12. The summed E-state index contributed by atoms with van der Waals surface area (Å²) in [5.74, 6) is -0.968. The van der Waals surface area contributed by atoms with E-state index in [1.165, 1.54) is 12.1 Å². The topological polar surface area (TPSA) is 108 Å². The van der Waals surface area contributed by atoms with Crippen LogP contribution in [0.25, 0.3) is 22.3 Å². The fourth-order valence-corrected chi connectivity index (χ4v) is 4.53. The highest BCUT2D eigenvalue weighted by Crippen LogP contribution is 2.33. The summed E-state index contributed by atoms with van der Waals surface area (Å²) in [6.45, 7) is 2.84. The van der Waals surface area contributed by atoms with Gasteiger partial charge in [-0.3, -0.25) is 9.89 Å². The minimum absolute atomic E-state index is 0.164. The van der Waals surface area contributed by atoms with Crippen molar-refractivity contribution < 1.29 is 14.3 Å². The first-order chi connectivity index (χ1) is 15.9. The van der Waals surface area contributed by atoms with E-state index in [1.807, 2.05) is 37.3 Å². The molecule has 4 aromatic rings. The van der Waals surface area contributed by atoms with E-state index in [9.17, 15) is 14.3 Å². The Balaban J connectivity index is 1.49. The number of fused-ring (bicyclic) bond motifs is 1. The Labute approximate surface area is 190 Å². The number of carbonyl (C=O) groups is 1. The third-order valence-corrected chi connectivity index (χ3v) is 6.46. The second-order valence-electron chi connectivity index (χ2n) is 8.58. The Morgan fingerprint density at radius 1 is 1.15 bits per heavy atom. The zero-order valence-electron chi connectivity index (χ0n) is 18.2. The quantitative estimate of drug-likeness (QED) is 0.444. The highest BCUT2D eigenvalue weighted by molar-refractivity contribution is 6.07. The largest absolute Gasteiger partial charge is 0.508 e. The van der Waals surface area contributed by atoms with Crippen LogP contribution in [0.5, 0.6) is 5.75 Å². The molecule has 0 bridgehead atoms. The molecule has 1 aliphatic rings. The third kappa shape index (κ3) is 3.72. The zero-order chi connectivity index (χ0) is 23.2. The van der Waals surface area contributed by atoms with Crippen LogP contribution in [0.3, 0.4) is 0 Å². The normalized spacial score (nSPS) is 15.7. The van der Waals surface area contributed by atoms with E-state index in [-0.39, 0.29) is 22.9 Å². The van der Waals surface area contributed by atoms with Gasteiger partial charge in [0.05, 0.1) is 16.6 Å². The fourth-order valence-electron chi connectivity index (χ4n) is 4.53. The molecule has 0 radical (unpaired) electrons. The third-order valence-electron chi connectivity index (χ3n) is 6.46. The molecule has 33 heavy (non-hydrogen) atoms. The second-order valence-corrected chi connectivity index (χ2v) is 8.58. The van der Waals surface area contributed by atoms with Crippen molar-refractivity contribution in [2.75, 3.05) is 13.1 Å². The number of aryl methyl sites for hydroxylation is 1. The van der Waals surface area contributed by atoms with Gasteiger partial charge in [0, 0.05) is 36.0 Å². The van der Waals surface area contributed by atoms with Gasteiger partial charge < -0.3 is 15.7 Å². The van der Waals surface area contributed by atoms with Crippen molar-refractivity contribution in [3.63, 3.8) is 0 Å². The first kappa shape index (κ1) is 21.1. The maximum absolute atomic E-state index is 14.5. The average molecular weight is 445 g/mol. The molecule has 1 amide bonds. The summed E-state index contributed by atoms with van der Waals surface area (Å²) in [6, 6.07) is 15.4. The molecular weight excluding hydrogens is 421 g/mol. The molecule has 3 heterocycles. The molecule has 1 aliphatic heterocycles. The van der Waals surface area contributed by atoms with Crippen LogP contribution in [-0.2, 0) is 5.54 Å². The van der Waals surface area contributed by atoms with Gasteiger partial charge in [-0.1, -0.05) is 30.3 Å². The molecule has 4 N–H and O–H groups in total. The van der Waals surface area contributed by atoms with E-state index in [0.29, 0.717) is 48.2 Å². The lowest BCUT2D eigenvalue weighted by Crippen LogP contribution is -2.49. The molecular formula is C25H24FN5O2. The number of pyridine rings is 1. The summed E-state index contributed by atoms with van der Waals surface area (Å²) < 4.78 is 14.5. The Kier molecular flexibility index (Phi) is 5.09. The number of aromatic amines is 1. The Morgan fingerprint density at radius 3 is 2.58 bits per heavy atom. The predicted octanol–water partition coefficient (Wildman–Crippen LogP) is 3.87. The standard InChI is InChI=1S/C25H24FN5O2/c1-15-22-19(14-21(28-23(22)30-29-15)18-8-7-17(32)13-20(18)26)24(33)31-11-9-25(27,10-12-31)16-5-3-2-4-6-16/h2-8,13-14,32H,9-12,27H2,1H3,(H,28,29,30). The van der Waals surface area contributed by atoms with Crippen LogP contribution in [-0.4, -0.2) is 44.2 Å². The number of carbonyl (C=O) groups excluding carboxylic acids is 1. The second kappa shape index (κ2) is 7.97. The van der Waals surface area contributed by atoms with Crippen molar-refractivity contribution in [2.24, 2.45) is 5.73 Å². The van der Waals surface area contributed by atoms with Crippen LogP contribution in [0, 0.1) is 12.7 Å².